The van der Waals surface area contributed by atoms with Crippen LogP contribution in [0.15, 0.2) is 79.3 Å². The number of rotatable bonds is 9. The van der Waals surface area contributed by atoms with E-state index < -0.39 is 0 Å². The van der Waals surface area contributed by atoms with Crippen molar-refractivity contribution in [2.24, 2.45) is 5.92 Å². The fourth-order valence-electron chi connectivity index (χ4n) is 5.26. The fourth-order valence-corrected chi connectivity index (χ4v) is 6.47. The van der Waals surface area contributed by atoms with Gasteiger partial charge in [0.1, 0.15) is 17.0 Å². The van der Waals surface area contributed by atoms with E-state index in [0.29, 0.717) is 25.6 Å². The highest BCUT2D eigenvalue weighted by molar-refractivity contribution is 7.19. The van der Waals surface area contributed by atoms with Crippen LogP contribution in [-0.2, 0) is 24.3 Å². The van der Waals surface area contributed by atoms with Crippen LogP contribution in [0.5, 0.6) is 0 Å². The molecule has 1 aliphatic rings. The van der Waals surface area contributed by atoms with Crippen molar-refractivity contribution >= 4 is 49.9 Å². The Labute approximate surface area is 238 Å². The third-order valence-corrected chi connectivity index (χ3v) is 8.38. The number of hydrogen-bond acceptors (Lipinski definition) is 6. The first-order valence-corrected chi connectivity index (χ1v) is 14.7. The Morgan fingerprint density at radius 1 is 1.12 bits per heavy atom. The lowest BCUT2D eigenvalue weighted by Gasteiger charge is -2.26. The maximum absolute atomic E-state index is 12.8. The number of nitrogens with one attached hydrogen (secondary N) is 2. The van der Waals surface area contributed by atoms with Gasteiger partial charge in [-0.3, -0.25) is 4.79 Å². The molecule has 2 N–H and O–H groups in total. The summed E-state index contributed by atoms with van der Waals surface area (Å²) in [6.45, 7) is 8.14. The summed E-state index contributed by atoms with van der Waals surface area (Å²) in [5, 5.41) is 9.16. The quantitative estimate of drug-likeness (QED) is 0.171. The van der Waals surface area contributed by atoms with Crippen LogP contribution in [0.1, 0.15) is 29.9 Å². The van der Waals surface area contributed by atoms with Gasteiger partial charge in [-0.05, 0) is 54.3 Å². The van der Waals surface area contributed by atoms with Crippen LogP contribution in [0.4, 0.5) is 11.5 Å². The highest BCUT2D eigenvalue weighted by Gasteiger charge is 2.25. The molecule has 8 heteroatoms. The van der Waals surface area contributed by atoms with Crippen molar-refractivity contribution in [3.63, 3.8) is 0 Å². The van der Waals surface area contributed by atoms with Crippen molar-refractivity contribution in [2.45, 2.75) is 33.4 Å². The van der Waals surface area contributed by atoms with Gasteiger partial charge in [0.2, 0.25) is 5.91 Å². The van der Waals surface area contributed by atoms with Crippen molar-refractivity contribution in [3.05, 3.63) is 95.3 Å². The van der Waals surface area contributed by atoms with E-state index >= 15 is 0 Å². The number of fused-ring (bicyclic) bond motifs is 4. The molecule has 4 heterocycles. The molecule has 1 aliphatic heterocycles. The number of carbonyl (C=O) groups is 1. The number of nitrogens with zero attached hydrogens (tertiary/aromatic N) is 4. The van der Waals surface area contributed by atoms with E-state index in [1.54, 1.807) is 23.7 Å². The van der Waals surface area contributed by atoms with E-state index in [4.69, 9.17) is 0 Å². The first kappa shape index (κ1) is 26.2. The van der Waals surface area contributed by atoms with Crippen LogP contribution in [0, 0.1) is 5.92 Å². The second-order valence-corrected chi connectivity index (χ2v) is 11.8. The zero-order valence-electron chi connectivity index (χ0n) is 22.9. The summed E-state index contributed by atoms with van der Waals surface area (Å²) in [4.78, 5) is 26.1. The average Bonchev–Trinajstić information content (AvgIpc) is 3.54. The third-order valence-electron chi connectivity index (χ3n) is 7.25. The van der Waals surface area contributed by atoms with E-state index in [1.165, 1.54) is 26.9 Å². The maximum Gasteiger partial charge on any atom is 0.246 e. The van der Waals surface area contributed by atoms with Crippen LogP contribution in [0.2, 0.25) is 0 Å². The minimum absolute atomic E-state index is 0.0615. The number of hydrogen-bond donors (Lipinski definition) is 2. The number of anilines is 2. The van der Waals surface area contributed by atoms with Crippen LogP contribution in [0.25, 0.3) is 21.1 Å². The molecule has 0 radical (unpaired) electrons. The molecule has 0 saturated carbocycles. The van der Waals surface area contributed by atoms with Crippen molar-refractivity contribution in [2.75, 3.05) is 25.0 Å². The van der Waals surface area contributed by atoms with E-state index in [-0.39, 0.29) is 5.91 Å². The molecule has 0 atom stereocenters. The zero-order chi connectivity index (χ0) is 27.5. The Balaban J connectivity index is 1.18. The van der Waals surface area contributed by atoms with Gasteiger partial charge in [-0.25, -0.2) is 9.97 Å². The van der Waals surface area contributed by atoms with Crippen molar-refractivity contribution in [3.8, 4) is 0 Å². The van der Waals surface area contributed by atoms with Gasteiger partial charge in [-0.1, -0.05) is 50.3 Å². The molecule has 5 aromatic rings. The number of amides is 1. The summed E-state index contributed by atoms with van der Waals surface area (Å²) in [6, 6.07) is 19.1. The standard InChI is InChI=1S/C32H34N6OS/c1-22(2)18-33-14-6-9-29(39)38-16-13-26-28(20-38)40-32-30(26)31(34-21-35-32)36-25-10-11-27-24(17-25)12-15-37(27)19-23-7-4-3-5-8-23/h3-12,15,17,21-22,33H,13-14,16,18-20H2,1-2H3,(H,34,35,36)/b9-6+. The van der Waals surface area contributed by atoms with Gasteiger partial charge in [0.05, 0.1) is 11.9 Å². The van der Waals surface area contributed by atoms with Crippen LogP contribution >= 0.6 is 11.3 Å². The van der Waals surface area contributed by atoms with Gasteiger partial charge >= 0.3 is 0 Å². The van der Waals surface area contributed by atoms with E-state index in [2.05, 4.69) is 93.7 Å². The second-order valence-electron chi connectivity index (χ2n) is 10.7. The first-order chi connectivity index (χ1) is 19.5. The van der Waals surface area contributed by atoms with Gasteiger partial charge in [0, 0.05) is 53.4 Å². The number of aromatic nitrogens is 3. The Hall–Kier alpha value is -4.01. The summed E-state index contributed by atoms with van der Waals surface area (Å²) >= 11 is 1.66. The molecular weight excluding hydrogens is 516 g/mol. The summed E-state index contributed by atoms with van der Waals surface area (Å²) in [5.74, 6) is 1.47. The fraction of sp³-hybridized carbons (Fsp3) is 0.281. The first-order valence-electron chi connectivity index (χ1n) is 13.9. The number of benzene rings is 2. The molecular formula is C32H34N6OS. The molecule has 6 rings (SSSR count). The summed E-state index contributed by atoms with van der Waals surface area (Å²) in [6.07, 6.45) is 8.18. The average molecular weight is 551 g/mol. The third kappa shape index (κ3) is 5.64. The monoisotopic (exact) mass is 550 g/mol. The molecule has 40 heavy (non-hydrogen) atoms. The molecule has 0 bridgehead atoms. The molecule has 0 unspecified atom stereocenters. The maximum atomic E-state index is 12.8. The molecule has 0 saturated heterocycles. The van der Waals surface area contributed by atoms with Crippen molar-refractivity contribution in [1.82, 2.24) is 24.8 Å². The molecule has 3 aromatic heterocycles. The normalized spacial score (nSPS) is 13.5. The van der Waals surface area contributed by atoms with Crippen molar-refractivity contribution in [1.29, 1.82) is 0 Å². The molecule has 7 nitrogen and oxygen atoms in total. The lowest BCUT2D eigenvalue weighted by molar-refractivity contribution is -0.126. The number of thiophene rings is 1. The van der Waals surface area contributed by atoms with Gasteiger partial charge in [0.15, 0.2) is 0 Å². The Morgan fingerprint density at radius 3 is 2.85 bits per heavy atom. The summed E-state index contributed by atoms with van der Waals surface area (Å²) < 4.78 is 2.27. The summed E-state index contributed by atoms with van der Waals surface area (Å²) in [7, 11) is 0. The molecule has 2 aromatic carbocycles. The minimum Gasteiger partial charge on any atom is -0.343 e. The largest absolute Gasteiger partial charge is 0.343 e. The van der Waals surface area contributed by atoms with Crippen molar-refractivity contribution < 1.29 is 4.79 Å². The Kier molecular flexibility index (Phi) is 7.62. The Morgan fingerprint density at radius 2 is 2.00 bits per heavy atom. The summed E-state index contributed by atoms with van der Waals surface area (Å²) in [5.41, 5.74) is 4.73. The predicted octanol–water partition coefficient (Wildman–Crippen LogP) is 6.12. The second kappa shape index (κ2) is 11.6. The van der Waals surface area contributed by atoms with E-state index in [1.807, 2.05) is 17.0 Å². The van der Waals surface area contributed by atoms with E-state index in [0.717, 1.165) is 41.2 Å². The molecule has 0 fully saturated rings. The lowest BCUT2D eigenvalue weighted by Crippen LogP contribution is -2.34. The van der Waals surface area contributed by atoms with Crippen LogP contribution in [-0.4, -0.2) is 45.0 Å². The Bertz CT molecular complexity index is 1670. The van der Waals surface area contributed by atoms with E-state index in [9.17, 15) is 4.79 Å². The molecule has 0 aliphatic carbocycles. The lowest BCUT2D eigenvalue weighted by atomic mass is 10.0. The van der Waals surface area contributed by atoms with Gasteiger partial charge in [0.25, 0.3) is 0 Å². The van der Waals surface area contributed by atoms with Gasteiger partial charge < -0.3 is 20.1 Å². The van der Waals surface area contributed by atoms with Crippen LogP contribution < -0.4 is 10.6 Å². The highest BCUT2D eigenvalue weighted by Crippen LogP contribution is 2.38. The van der Waals surface area contributed by atoms with Crippen LogP contribution in [0.3, 0.4) is 0 Å². The SMILES string of the molecule is CC(C)CNC/C=C/C(=O)N1CCc2c(sc3ncnc(Nc4ccc5c(ccn5Cc5ccccc5)c4)c23)C1. The molecule has 1 amide bonds. The smallest absolute Gasteiger partial charge is 0.246 e. The highest BCUT2D eigenvalue weighted by atomic mass is 32.1. The zero-order valence-corrected chi connectivity index (χ0v) is 23.7. The van der Waals surface area contributed by atoms with Gasteiger partial charge in [-0.15, -0.1) is 11.3 Å². The number of carbonyl (C=O) groups excluding carboxylic acids is 1. The minimum atomic E-state index is 0.0615. The molecule has 204 valence electrons. The predicted molar refractivity (Wildman–Crippen MR) is 164 cm³/mol. The topological polar surface area (TPSA) is 75.1 Å². The molecule has 0 spiro atoms. The van der Waals surface area contributed by atoms with Gasteiger partial charge in [-0.2, -0.15) is 0 Å².